The van der Waals surface area contributed by atoms with Crippen molar-refractivity contribution in [3.05, 3.63) is 35.4 Å². The summed E-state index contributed by atoms with van der Waals surface area (Å²) in [6.45, 7) is 6.93. The van der Waals surface area contributed by atoms with E-state index in [9.17, 15) is 0 Å². The van der Waals surface area contributed by atoms with E-state index in [-0.39, 0.29) is 5.60 Å². The molecule has 0 aliphatic carbocycles. The van der Waals surface area contributed by atoms with Crippen molar-refractivity contribution >= 4 is 22.6 Å². The van der Waals surface area contributed by atoms with Gasteiger partial charge in [-0.15, -0.1) is 0 Å². The first-order valence-corrected chi connectivity index (χ1v) is 6.31. The lowest BCUT2D eigenvalue weighted by Gasteiger charge is -2.19. The van der Waals surface area contributed by atoms with Gasteiger partial charge in [0.2, 0.25) is 0 Å². The molecule has 0 radical (unpaired) electrons. The predicted octanol–water partition coefficient (Wildman–Crippen LogP) is 3.94. The maximum absolute atomic E-state index is 5.69. The number of hydrogen-bond donors (Lipinski definition) is 0. The zero-order valence-electron chi connectivity index (χ0n) is 9.01. The van der Waals surface area contributed by atoms with E-state index in [1.165, 1.54) is 11.1 Å². The lowest BCUT2D eigenvalue weighted by atomic mass is 10.1. The topological polar surface area (TPSA) is 9.23 Å². The van der Waals surface area contributed by atoms with E-state index in [2.05, 4.69) is 67.6 Å². The van der Waals surface area contributed by atoms with Gasteiger partial charge in [0.05, 0.1) is 12.2 Å². The van der Waals surface area contributed by atoms with E-state index in [4.69, 9.17) is 4.74 Å². The second-order valence-corrected chi connectivity index (χ2v) is 5.11. The van der Waals surface area contributed by atoms with E-state index >= 15 is 0 Å². The molecule has 0 aliphatic heterocycles. The molecule has 1 rings (SSSR count). The predicted molar refractivity (Wildman–Crippen MR) is 68.7 cm³/mol. The first-order valence-electron chi connectivity index (χ1n) is 4.79. The summed E-state index contributed by atoms with van der Waals surface area (Å²) in [5.41, 5.74) is 2.56. The minimum Gasteiger partial charge on any atom is -0.371 e. The monoisotopic (exact) mass is 304 g/mol. The third-order valence-electron chi connectivity index (χ3n) is 1.85. The van der Waals surface area contributed by atoms with E-state index in [1.54, 1.807) is 0 Å². The summed E-state index contributed by atoms with van der Waals surface area (Å²) in [4.78, 5) is 0. The van der Waals surface area contributed by atoms with Gasteiger partial charge >= 0.3 is 0 Å². The molecule has 0 amide bonds. The molecule has 0 aliphatic rings. The maximum atomic E-state index is 5.69. The summed E-state index contributed by atoms with van der Waals surface area (Å²) in [6.07, 6.45) is 0. The number of alkyl halides is 1. The first kappa shape index (κ1) is 12.0. The largest absolute Gasteiger partial charge is 0.371 e. The average Bonchev–Trinajstić information content (AvgIpc) is 2.14. The average molecular weight is 304 g/mol. The van der Waals surface area contributed by atoms with Crippen LogP contribution in [0.2, 0.25) is 0 Å². The van der Waals surface area contributed by atoms with Gasteiger partial charge < -0.3 is 4.74 Å². The summed E-state index contributed by atoms with van der Waals surface area (Å²) in [7, 11) is 0. The Hall–Kier alpha value is -0.0900. The van der Waals surface area contributed by atoms with Crippen molar-refractivity contribution in [2.45, 2.75) is 37.4 Å². The quantitative estimate of drug-likeness (QED) is 0.607. The van der Waals surface area contributed by atoms with Gasteiger partial charge in [0.25, 0.3) is 0 Å². The zero-order chi connectivity index (χ0) is 10.6. The molecule has 0 aromatic heterocycles. The van der Waals surface area contributed by atoms with Crippen molar-refractivity contribution in [1.82, 2.24) is 0 Å². The van der Waals surface area contributed by atoms with Gasteiger partial charge in [-0.25, -0.2) is 0 Å². The summed E-state index contributed by atoms with van der Waals surface area (Å²) in [5, 5.41) is 0. The lowest BCUT2D eigenvalue weighted by Crippen LogP contribution is -2.18. The van der Waals surface area contributed by atoms with Crippen LogP contribution in [-0.2, 0) is 15.8 Å². The fourth-order valence-corrected chi connectivity index (χ4v) is 1.53. The normalized spacial score (nSPS) is 11.7. The smallest absolute Gasteiger partial charge is 0.0724 e. The Morgan fingerprint density at radius 2 is 1.57 bits per heavy atom. The van der Waals surface area contributed by atoms with Gasteiger partial charge in [0, 0.05) is 4.43 Å². The van der Waals surface area contributed by atoms with Crippen LogP contribution in [0.25, 0.3) is 0 Å². The molecule has 78 valence electrons. The van der Waals surface area contributed by atoms with Gasteiger partial charge in [-0.1, -0.05) is 46.9 Å². The molecular formula is C12H17IO. The van der Waals surface area contributed by atoms with Crippen molar-refractivity contribution in [2.75, 3.05) is 0 Å². The summed E-state index contributed by atoms with van der Waals surface area (Å²) < 4.78 is 6.75. The number of ether oxygens (including phenoxy) is 1. The molecule has 14 heavy (non-hydrogen) atoms. The van der Waals surface area contributed by atoms with E-state index in [0.717, 1.165) is 4.43 Å². The lowest BCUT2D eigenvalue weighted by molar-refractivity contribution is -0.0149. The fourth-order valence-electron chi connectivity index (χ4n) is 1.02. The summed E-state index contributed by atoms with van der Waals surface area (Å²) >= 11 is 2.37. The standard InChI is InChI=1S/C12H17IO/c1-12(2,3)14-9-11-6-4-10(8-13)5-7-11/h4-7H,8-9H2,1-3H3. The molecule has 0 saturated carbocycles. The van der Waals surface area contributed by atoms with Gasteiger partial charge in [0.15, 0.2) is 0 Å². The van der Waals surface area contributed by atoms with Crippen LogP contribution in [0.15, 0.2) is 24.3 Å². The summed E-state index contributed by atoms with van der Waals surface area (Å²) in [5.74, 6) is 0. The highest BCUT2D eigenvalue weighted by Gasteiger charge is 2.09. The molecule has 0 atom stereocenters. The Labute approximate surface area is 100.0 Å². The van der Waals surface area contributed by atoms with Gasteiger partial charge in [-0.2, -0.15) is 0 Å². The zero-order valence-corrected chi connectivity index (χ0v) is 11.2. The third kappa shape index (κ3) is 4.42. The van der Waals surface area contributed by atoms with Crippen LogP contribution < -0.4 is 0 Å². The van der Waals surface area contributed by atoms with Crippen LogP contribution in [0.1, 0.15) is 31.9 Å². The minimum absolute atomic E-state index is 0.0536. The van der Waals surface area contributed by atoms with Crippen LogP contribution in [0.4, 0.5) is 0 Å². The molecule has 2 heteroatoms. The molecule has 0 bridgehead atoms. The number of benzene rings is 1. The Bertz CT molecular complexity index is 271. The van der Waals surface area contributed by atoms with Gasteiger partial charge in [-0.3, -0.25) is 0 Å². The second-order valence-electron chi connectivity index (χ2n) is 4.35. The number of rotatable bonds is 3. The number of halogens is 1. The highest BCUT2D eigenvalue weighted by molar-refractivity contribution is 14.1. The number of hydrogen-bond acceptors (Lipinski definition) is 1. The Balaban J connectivity index is 2.52. The maximum Gasteiger partial charge on any atom is 0.0724 e. The van der Waals surface area contributed by atoms with E-state index in [0.29, 0.717) is 6.61 Å². The van der Waals surface area contributed by atoms with Crippen LogP contribution >= 0.6 is 22.6 Å². The van der Waals surface area contributed by atoms with Crippen LogP contribution in [0.3, 0.4) is 0 Å². The van der Waals surface area contributed by atoms with E-state index in [1.807, 2.05) is 0 Å². The Morgan fingerprint density at radius 3 is 2.00 bits per heavy atom. The second kappa shape index (κ2) is 5.12. The molecule has 1 aromatic rings. The molecule has 0 saturated heterocycles. The van der Waals surface area contributed by atoms with E-state index < -0.39 is 0 Å². The van der Waals surface area contributed by atoms with Crippen molar-refractivity contribution in [1.29, 1.82) is 0 Å². The fraction of sp³-hybridized carbons (Fsp3) is 0.500. The Morgan fingerprint density at radius 1 is 1.07 bits per heavy atom. The van der Waals surface area contributed by atoms with Crippen LogP contribution in [0, 0.1) is 0 Å². The highest BCUT2D eigenvalue weighted by atomic mass is 127. The SMILES string of the molecule is CC(C)(C)OCc1ccc(CI)cc1. The molecule has 0 fully saturated rings. The molecule has 0 unspecified atom stereocenters. The van der Waals surface area contributed by atoms with Gasteiger partial charge in [-0.05, 0) is 31.9 Å². The molecule has 0 spiro atoms. The molecular weight excluding hydrogens is 287 g/mol. The first-order chi connectivity index (χ1) is 6.51. The van der Waals surface area contributed by atoms with Gasteiger partial charge in [0.1, 0.15) is 0 Å². The molecule has 0 heterocycles. The molecule has 1 nitrogen and oxygen atoms in total. The Kier molecular flexibility index (Phi) is 4.38. The van der Waals surface area contributed by atoms with Crippen molar-refractivity contribution in [3.8, 4) is 0 Å². The highest BCUT2D eigenvalue weighted by Crippen LogP contribution is 2.13. The van der Waals surface area contributed by atoms with Crippen LogP contribution in [-0.4, -0.2) is 5.60 Å². The summed E-state index contributed by atoms with van der Waals surface area (Å²) in [6, 6.07) is 8.60. The van der Waals surface area contributed by atoms with Crippen molar-refractivity contribution in [3.63, 3.8) is 0 Å². The van der Waals surface area contributed by atoms with Crippen molar-refractivity contribution in [2.24, 2.45) is 0 Å². The molecule has 1 aromatic carbocycles. The third-order valence-corrected chi connectivity index (χ3v) is 2.73. The minimum atomic E-state index is -0.0536. The molecule has 0 N–H and O–H groups in total. The van der Waals surface area contributed by atoms with Crippen molar-refractivity contribution < 1.29 is 4.74 Å². The van der Waals surface area contributed by atoms with Crippen LogP contribution in [0.5, 0.6) is 0 Å².